The van der Waals surface area contributed by atoms with Gasteiger partial charge in [-0.05, 0) is 76.8 Å². The standard InChI is InChI=1S/C23H31N3O4/c1-14-8-9-17(19(27)11-14)20-15(2)12-18(24-25-20)21(28)16-7-6-10-26(13-16)22(29)30-23(3,4)5/h8-9,11-12,16,21,27-28H,6-7,10,13H2,1-5H3/t16-,21-/m1/s1. The van der Waals surface area contributed by atoms with E-state index < -0.39 is 11.7 Å². The molecule has 0 bridgehead atoms. The highest BCUT2D eigenvalue weighted by Gasteiger charge is 2.32. The smallest absolute Gasteiger partial charge is 0.410 e. The van der Waals surface area contributed by atoms with Crippen molar-refractivity contribution in [3.05, 3.63) is 41.1 Å². The quantitative estimate of drug-likeness (QED) is 0.785. The minimum atomic E-state index is -0.831. The summed E-state index contributed by atoms with van der Waals surface area (Å²) < 4.78 is 5.47. The number of phenols is 1. The van der Waals surface area contributed by atoms with Gasteiger partial charge in [0.25, 0.3) is 0 Å². The summed E-state index contributed by atoms with van der Waals surface area (Å²) in [6, 6.07) is 7.22. The highest BCUT2D eigenvalue weighted by atomic mass is 16.6. The number of aryl methyl sites for hydroxylation is 2. The van der Waals surface area contributed by atoms with Gasteiger partial charge in [-0.2, -0.15) is 5.10 Å². The second-order valence-corrected chi connectivity index (χ2v) is 9.09. The van der Waals surface area contributed by atoms with Crippen molar-refractivity contribution in [3.63, 3.8) is 0 Å². The van der Waals surface area contributed by atoms with Gasteiger partial charge in [0.15, 0.2) is 0 Å². The number of aromatic hydroxyl groups is 1. The third-order valence-corrected chi connectivity index (χ3v) is 5.27. The number of amides is 1. The molecule has 7 heteroatoms. The lowest BCUT2D eigenvalue weighted by molar-refractivity contribution is 0.00159. The van der Waals surface area contributed by atoms with Crippen LogP contribution in [0.25, 0.3) is 11.3 Å². The zero-order valence-electron chi connectivity index (χ0n) is 18.3. The highest BCUT2D eigenvalue weighted by Crippen LogP contribution is 2.33. The number of hydrogen-bond acceptors (Lipinski definition) is 6. The molecule has 3 rings (SSSR count). The van der Waals surface area contributed by atoms with E-state index in [9.17, 15) is 15.0 Å². The van der Waals surface area contributed by atoms with Gasteiger partial charge < -0.3 is 19.8 Å². The molecule has 1 aromatic heterocycles. The predicted molar refractivity (Wildman–Crippen MR) is 114 cm³/mol. The third kappa shape index (κ3) is 5.08. The summed E-state index contributed by atoms with van der Waals surface area (Å²) >= 11 is 0. The molecule has 2 N–H and O–H groups in total. The molecule has 0 radical (unpaired) electrons. The van der Waals surface area contributed by atoms with Crippen molar-refractivity contribution in [2.24, 2.45) is 5.92 Å². The maximum atomic E-state index is 12.4. The minimum Gasteiger partial charge on any atom is -0.507 e. The number of hydrogen-bond donors (Lipinski definition) is 2. The number of benzene rings is 1. The average molecular weight is 414 g/mol. The topological polar surface area (TPSA) is 95.8 Å². The number of aliphatic hydroxyl groups is 1. The Morgan fingerprint density at radius 3 is 2.60 bits per heavy atom. The first-order chi connectivity index (χ1) is 14.0. The van der Waals surface area contributed by atoms with Crippen molar-refractivity contribution in [1.29, 1.82) is 0 Å². The Morgan fingerprint density at radius 2 is 1.97 bits per heavy atom. The van der Waals surface area contributed by atoms with E-state index in [4.69, 9.17) is 4.74 Å². The van der Waals surface area contributed by atoms with Gasteiger partial charge in [-0.25, -0.2) is 4.79 Å². The van der Waals surface area contributed by atoms with Gasteiger partial charge in [0.1, 0.15) is 17.5 Å². The van der Waals surface area contributed by atoms with E-state index in [2.05, 4.69) is 10.2 Å². The first kappa shape index (κ1) is 22.0. The van der Waals surface area contributed by atoms with E-state index in [1.165, 1.54) is 0 Å². The first-order valence-corrected chi connectivity index (χ1v) is 10.4. The van der Waals surface area contributed by atoms with Crippen LogP contribution in [0.4, 0.5) is 4.79 Å². The first-order valence-electron chi connectivity index (χ1n) is 10.4. The Labute approximate surface area is 177 Å². The molecular weight excluding hydrogens is 382 g/mol. The summed E-state index contributed by atoms with van der Waals surface area (Å²) in [5, 5.41) is 29.7. The van der Waals surface area contributed by atoms with Crippen LogP contribution in [0.1, 0.15) is 56.5 Å². The van der Waals surface area contributed by atoms with Crippen LogP contribution in [-0.2, 0) is 4.74 Å². The number of carbonyl (C=O) groups excluding carboxylic acids is 1. The Bertz CT molecular complexity index is 923. The fraction of sp³-hybridized carbons (Fsp3) is 0.522. The zero-order valence-corrected chi connectivity index (χ0v) is 18.3. The van der Waals surface area contributed by atoms with Crippen LogP contribution < -0.4 is 0 Å². The van der Waals surface area contributed by atoms with E-state index >= 15 is 0 Å². The molecule has 1 aromatic carbocycles. The zero-order chi connectivity index (χ0) is 22.1. The molecule has 162 valence electrons. The van der Waals surface area contributed by atoms with E-state index in [0.717, 1.165) is 24.0 Å². The fourth-order valence-corrected chi connectivity index (χ4v) is 3.76. The number of piperidine rings is 1. The van der Waals surface area contributed by atoms with Crippen LogP contribution in [0.2, 0.25) is 0 Å². The van der Waals surface area contributed by atoms with Crippen LogP contribution in [0.3, 0.4) is 0 Å². The molecule has 0 aliphatic carbocycles. The maximum Gasteiger partial charge on any atom is 0.410 e. The molecule has 0 spiro atoms. The number of phenolic OH excluding ortho intramolecular Hbond substituents is 1. The molecule has 2 atom stereocenters. The second kappa shape index (κ2) is 8.60. The van der Waals surface area contributed by atoms with Crippen molar-refractivity contribution in [2.75, 3.05) is 13.1 Å². The van der Waals surface area contributed by atoms with E-state index in [-0.39, 0.29) is 17.8 Å². The molecule has 1 saturated heterocycles. The largest absolute Gasteiger partial charge is 0.507 e. The molecule has 0 unspecified atom stereocenters. The molecule has 30 heavy (non-hydrogen) atoms. The van der Waals surface area contributed by atoms with Crippen molar-refractivity contribution >= 4 is 6.09 Å². The van der Waals surface area contributed by atoms with Crippen LogP contribution in [0.5, 0.6) is 5.75 Å². The van der Waals surface area contributed by atoms with Gasteiger partial charge in [0.2, 0.25) is 0 Å². The molecule has 0 saturated carbocycles. The van der Waals surface area contributed by atoms with Crippen molar-refractivity contribution in [3.8, 4) is 17.0 Å². The summed E-state index contributed by atoms with van der Waals surface area (Å²) in [6.45, 7) is 10.3. The molecule has 2 heterocycles. The van der Waals surface area contributed by atoms with Crippen molar-refractivity contribution in [1.82, 2.24) is 15.1 Å². The van der Waals surface area contributed by atoms with Gasteiger partial charge >= 0.3 is 6.09 Å². The summed E-state index contributed by atoms with van der Waals surface area (Å²) in [5.41, 5.74) is 2.89. The second-order valence-electron chi connectivity index (χ2n) is 9.09. The van der Waals surface area contributed by atoms with Gasteiger partial charge in [0.05, 0.1) is 11.4 Å². The van der Waals surface area contributed by atoms with Gasteiger partial charge in [-0.1, -0.05) is 6.07 Å². The number of likely N-dealkylation sites (tertiary alicyclic amines) is 1. The van der Waals surface area contributed by atoms with Crippen LogP contribution in [0, 0.1) is 19.8 Å². The van der Waals surface area contributed by atoms with Gasteiger partial charge in [0, 0.05) is 24.6 Å². The van der Waals surface area contributed by atoms with Crippen molar-refractivity contribution in [2.45, 2.75) is 59.2 Å². The highest BCUT2D eigenvalue weighted by molar-refractivity contribution is 5.70. The molecule has 1 amide bonds. The van der Waals surface area contributed by atoms with Crippen LogP contribution >= 0.6 is 0 Å². The molecule has 1 aliphatic rings. The Kier molecular flexibility index (Phi) is 6.31. The average Bonchev–Trinajstić information content (AvgIpc) is 2.67. The number of carbonyl (C=O) groups is 1. The minimum absolute atomic E-state index is 0.140. The number of nitrogens with zero attached hydrogens (tertiary/aromatic N) is 3. The third-order valence-electron chi connectivity index (χ3n) is 5.27. The SMILES string of the molecule is Cc1ccc(-c2nnc([C@H](O)[C@@H]3CCCN(C(=O)OC(C)(C)C)C3)cc2C)c(O)c1. The monoisotopic (exact) mass is 413 g/mol. The lowest BCUT2D eigenvalue weighted by atomic mass is 9.90. The lowest BCUT2D eigenvalue weighted by Gasteiger charge is -2.35. The van der Waals surface area contributed by atoms with E-state index in [1.807, 2.05) is 46.8 Å². The molecule has 2 aromatic rings. The number of aliphatic hydroxyl groups excluding tert-OH is 1. The van der Waals surface area contributed by atoms with E-state index in [0.29, 0.717) is 30.0 Å². The lowest BCUT2D eigenvalue weighted by Crippen LogP contribution is -2.44. The van der Waals surface area contributed by atoms with Crippen molar-refractivity contribution < 1.29 is 19.7 Å². The van der Waals surface area contributed by atoms with E-state index in [1.54, 1.807) is 17.0 Å². The van der Waals surface area contributed by atoms with Crippen LogP contribution in [-0.4, -0.2) is 50.1 Å². The summed E-state index contributed by atoms with van der Waals surface area (Å²) in [7, 11) is 0. The molecule has 7 nitrogen and oxygen atoms in total. The fourth-order valence-electron chi connectivity index (χ4n) is 3.76. The number of ether oxygens (including phenoxy) is 1. The Morgan fingerprint density at radius 1 is 1.23 bits per heavy atom. The summed E-state index contributed by atoms with van der Waals surface area (Å²) in [6.07, 6.45) is 0.402. The van der Waals surface area contributed by atoms with Gasteiger partial charge in [-0.15, -0.1) is 5.10 Å². The van der Waals surface area contributed by atoms with Gasteiger partial charge in [-0.3, -0.25) is 0 Å². The number of aromatic nitrogens is 2. The summed E-state index contributed by atoms with van der Waals surface area (Å²) in [5.74, 6) is 0.0135. The Hall–Kier alpha value is -2.67. The summed E-state index contributed by atoms with van der Waals surface area (Å²) in [4.78, 5) is 14.1. The number of rotatable bonds is 3. The molecule has 1 aliphatic heterocycles. The van der Waals surface area contributed by atoms with Crippen LogP contribution in [0.15, 0.2) is 24.3 Å². The Balaban J connectivity index is 1.76. The predicted octanol–water partition coefficient (Wildman–Crippen LogP) is 4.15. The normalized spacial score (nSPS) is 18.2. The molecule has 1 fully saturated rings. The molecular formula is C23H31N3O4. The maximum absolute atomic E-state index is 12.4.